The van der Waals surface area contributed by atoms with Crippen molar-refractivity contribution in [3.63, 3.8) is 0 Å². The molecule has 0 amide bonds. The lowest BCUT2D eigenvalue weighted by atomic mass is 10.2. The van der Waals surface area contributed by atoms with E-state index in [0.29, 0.717) is 18.9 Å². The molecule has 2 fully saturated rings. The molecular formula is C9H14O3. The average Bonchev–Trinajstić information content (AvgIpc) is 2.53. The van der Waals surface area contributed by atoms with Crippen molar-refractivity contribution in [1.29, 1.82) is 0 Å². The summed E-state index contributed by atoms with van der Waals surface area (Å²) in [6.45, 7) is 3.12. The van der Waals surface area contributed by atoms with E-state index in [-0.39, 0.29) is 11.6 Å². The van der Waals surface area contributed by atoms with Crippen LogP contribution in [-0.2, 0) is 14.3 Å². The highest BCUT2D eigenvalue weighted by Gasteiger charge is 2.59. The lowest BCUT2D eigenvalue weighted by molar-refractivity contribution is -0.146. The first-order chi connectivity index (χ1) is 5.77. The highest BCUT2D eigenvalue weighted by Crippen LogP contribution is 2.56. The zero-order valence-electron chi connectivity index (χ0n) is 7.34. The SMILES string of the molecule is CCOC(=O)CC12CC1CCO2. The van der Waals surface area contributed by atoms with Gasteiger partial charge in [0.05, 0.1) is 18.6 Å². The van der Waals surface area contributed by atoms with Gasteiger partial charge in [0.1, 0.15) is 0 Å². The van der Waals surface area contributed by atoms with Crippen molar-refractivity contribution in [2.24, 2.45) is 5.92 Å². The van der Waals surface area contributed by atoms with E-state index in [0.717, 1.165) is 19.4 Å². The molecule has 12 heavy (non-hydrogen) atoms. The monoisotopic (exact) mass is 170 g/mol. The summed E-state index contributed by atoms with van der Waals surface area (Å²) in [6, 6.07) is 0. The molecule has 0 aromatic rings. The largest absolute Gasteiger partial charge is 0.466 e. The van der Waals surface area contributed by atoms with Crippen molar-refractivity contribution < 1.29 is 14.3 Å². The zero-order valence-corrected chi connectivity index (χ0v) is 7.34. The number of fused-ring (bicyclic) bond motifs is 1. The number of carbonyl (C=O) groups excluding carboxylic acids is 1. The summed E-state index contributed by atoms with van der Waals surface area (Å²) in [7, 11) is 0. The predicted molar refractivity (Wildman–Crippen MR) is 42.7 cm³/mol. The number of hydrogen-bond acceptors (Lipinski definition) is 3. The maximum Gasteiger partial charge on any atom is 0.308 e. The Hall–Kier alpha value is -0.570. The van der Waals surface area contributed by atoms with E-state index in [1.54, 1.807) is 0 Å². The number of carbonyl (C=O) groups is 1. The summed E-state index contributed by atoms with van der Waals surface area (Å²) in [5, 5.41) is 0. The van der Waals surface area contributed by atoms with Crippen LogP contribution in [0.2, 0.25) is 0 Å². The van der Waals surface area contributed by atoms with Crippen LogP contribution in [0.25, 0.3) is 0 Å². The Morgan fingerprint density at radius 3 is 3.08 bits per heavy atom. The fraction of sp³-hybridized carbons (Fsp3) is 0.889. The van der Waals surface area contributed by atoms with Gasteiger partial charge in [0.25, 0.3) is 0 Å². The van der Waals surface area contributed by atoms with E-state index >= 15 is 0 Å². The first-order valence-electron chi connectivity index (χ1n) is 4.56. The normalized spacial score (nSPS) is 37.6. The molecule has 2 unspecified atom stereocenters. The molecule has 2 atom stereocenters. The summed E-state index contributed by atoms with van der Waals surface area (Å²) in [4.78, 5) is 11.1. The molecular weight excluding hydrogens is 156 g/mol. The molecule has 0 N–H and O–H groups in total. The molecule has 1 aliphatic carbocycles. The quantitative estimate of drug-likeness (QED) is 0.595. The lowest BCUT2D eigenvalue weighted by Gasteiger charge is -2.10. The van der Waals surface area contributed by atoms with Gasteiger partial charge in [-0.05, 0) is 25.7 Å². The third-order valence-corrected chi connectivity index (χ3v) is 2.78. The Bertz CT molecular complexity index is 202. The molecule has 1 saturated heterocycles. The Labute approximate surface area is 72.0 Å². The van der Waals surface area contributed by atoms with Gasteiger partial charge in [-0.2, -0.15) is 0 Å². The summed E-state index contributed by atoms with van der Waals surface area (Å²) in [5.41, 5.74) is -0.0910. The highest BCUT2D eigenvalue weighted by atomic mass is 16.5. The van der Waals surface area contributed by atoms with Crippen LogP contribution in [0.5, 0.6) is 0 Å². The van der Waals surface area contributed by atoms with Crippen LogP contribution in [0, 0.1) is 5.92 Å². The van der Waals surface area contributed by atoms with Crippen molar-refractivity contribution in [1.82, 2.24) is 0 Å². The van der Waals surface area contributed by atoms with E-state index in [4.69, 9.17) is 9.47 Å². The molecule has 1 heterocycles. The van der Waals surface area contributed by atoms with Crippen LogP contribution < -0.4 is 0 Å². The van der Waals surface area contributed by atoms with Crippen molar-refractivity contribution in [2.75, 3.05) is 13.2 Å². The summed E-state index contributed by atoms with van der Waals surface area (Å²) in [6.07, 6.45) is 2.65. The van der Waals surface area contributed by atoms with E-state index < -0.39 is 0 Å². The van der Waals surface area contributed by atoms with Gasteiger partial charge in [-0.3, -0.25) is 4.79 Å². The summed E-state index contributed by atoms with van der Waals surface area (Å²) < 4.78 is 10.4. The second kappa shape index (κ2) is 2.73. The molecule has 0 spiro atoms. The van der Waals surface area contributed by atoms with Gasteiger partial charge in [0.2, 0.25) is 0 Å². The molecule has 0 aromatic carbocycles. The molecule has 0 aromatic heterocycles. The third-order valence-electron chi connectivity index (χ3n) is 2.78. The second-order valence-corrected chi connectivity index (χ2v) is 3.58. The second-order valence-electron chi connectivity index (χ2n) is 3.58. The number of esters is 1. The third kappa shape index (κ3) is 1.22. The topological polar surface area (TPSA) is 35.5 Å². The van der Waals surface area contributed by atoms with Crippen LogP contribution in [-0.4, -0.2) is 24.8 Å². The summed E-state index contributed by atoms with van der Waals surface area (Å²) >= 11 is 0. The Kier molecular flexibility index (Phi) is 1.83. The molecule has 1 saturated carbocycles. The zero-order chi connectivity index (χ0) is 8.60. The van der Waals surface area contributed by atoms with E-state index in [2.05, 4.69) is 0 Å². The van der Waals surface area contributed by atoms with Gasteiger partial charge in [-0.25, -0.2) is 0 Å². The van der Waals surface area contributed by atoms with E-state index in [1.165, 1.54) is 0 Å². The fourth-order valence-corrected chi connectivity index (χ4v) is 2.03. The van der Waals surface area contributed by atoms with Crippen LogP contribution in [0.1, 0.15) is 26.2 Å². The smallest absolute Gasteiger partial charge is 0.308 e. The lowest BCUT2D eigenvalue weighted by Crippen LogP contribution is -2.19. The molecule has 68 valence electrons. The maximum absolute atomic E-state index is 11.1. The predicted octanol–water partition coefficient (Wildman–Crippen LogP) is 1.12. The van der Waals surface area contributed by atoms with Gasteiger partial charge >= 0.3 is 5.97 Å². The molecule has 2 aliphatic rings. The van der Waals surface area contributed by atoms with Gasteiger partial charge in [-0.15, -0.1) is 0 Å². The van der Waals surface area contributed by atoms with Crippen molar-refractivity contribution in [3.8, 4) is 0 Å². The minimum absolute atomic E-state index is 0.0910. The standard InChI is InChI=1S/C9H14O3/c1-2-11-8(10)6-9-5-7(9)3-4-12-9/h7H,2-6H2,1H3. The average molecular weight is 170 g/mol. The first kappa shape index (κ1) is 8.05. The van der Waals surface area contributed by atoms with Crippen LogP contribution in [0.3, 0.4) is 0 Å². The van der Waals surface area contributed by atoms with Gasteiger partial charge in [0, 0.05) is 6.61 Å². The highest BCUT2D eigenvalue weighted by molar-refractivity contribution is 5.71. The molecule has 0 bridgehead atoms. The fourth-order valence-electron chi connectivity index (χ4n) is 2.03. The minimum Gasteiger partial charge on any atom is -0.466 e. The van der Waals surface area contributed by atoms with Crippen molar-refractivity contribution in [2.45, 2.75) is 31.8 Å². The maximum atomic E-state index is 11.1. The number of rotatable bonds is 3. The van der Waals surface area contributed by atoms with Gasteiger partial charge in [0.15, 0.2) is 0 Å². The Balaban J connectivity index is 1.83. The number of hydrogen-bond donors (Lipinski definition) is 0. The molecule has 3 heteroatoms. The molecule has 0 radical (unpaired) electrons. The number of ether oxygens (including phenoxy) is 2. The molecule has 1 aliphatic heterocycles. The van der Waals surface area contributed by atoms with E-state index in [9.17, 15) is 4.79 Å². The molecule has 2 rings (SSSR count). The Morgan fingerprint density at radius 1 is 1.75 bits per heavy atom. The first-order valence-corrected chi connectivity index (χ1v) is 4.56. The summed E-state index contributed by atoms with van der Waals surface area (Å²) in [5.74, 6) is 0.531. The van der Waals surface area contributed by atoms with Gasteiger partial charge < -0.3 is 9.47 Å². The van der Waals surface area contributed by atoms with E-state index in [1.807, 2.05) is 6.92 Å². The van der Waals surface area contributed by atoms with Crippen LogP contribution in [0.4, 0.5) is 0 Å². The van der Waals surface area contributed by atoms with Gasteiger partial charge in [-0.1, -0.05) is 0 Å². The molecule has 3 nitrogen and oxygen atoms in total. The van der Waals surface area contributed by atoms with Crippen LogP contribution in [0.15, 0.2) is 0 Å². The Morgan fingerprint density at radius 2 is 2.58 bits per heavy atom. The minimum atomic E-state index is -0.109. The van der Waals surface area contributed by atoms with Crippen molar-refractivity contribution >= 4 is 5.97 Å². The van der Waals surface area contributed by atoms with Crippen molar-refractivity contribution in [3.05, 3.63) is 0 Å². The van der Waals surface area contributed by atoms with Crippen LogP contribution >= 0.6 is 0 Å².